The number of carbonyl (C=O) groups excluding carboxylic acids is 2. The molecule has 0 unspecified atom stereocenters. The Morgan fingerprint density at radius 1 is 1.18 bits per heavy atom. The lowest BCUT2D eigenvalue weighted by Gasteiger charge is -2.24. The van der Waals surface area contributed by atoms with Crippen molar-refractivity contribution >= 4 is 11.8 Å². The Morgan fingerprint density at radius 2 is 1.96 bits per heavy atom. The van der Waals surface area contributed by atoms with Gasteiger partial charge in [0.1, 0.15) is 5.82 Å². The number of hydrogen-bond acceptors (Lipinski definition) is 2. The molecule has 2 aromatic rings. The second-order valence-corrected chi connectivity index (χ2v) is 8.04. The van der Waals surface area contributed by atoms with E-state index in [1.54, 1.807) is 6.07 Å². The second kappa shape index (κ2) is 7.74. The minimum atomic E-state index is -0.417. The summed E-state index contributed by atoms with van der Waals surface area (Å²) in [5.41, 5.74) is 1.47. The summed E-state index contributed by atoms with van der Waals surface area (Å²) in [6.45, 7) is 3.36. The monoisotopic (exact) mass is 380 g/mol. The van der Waals surface area contributed by atoms with Gasteiger partial charge in [0.25, 0.3) is 5.91 Å². The molecule has 4 nitrogen and oxygen atoms in total. The Kier molecular flexibility index (Phi) is 5.16. The molecule has 1 aliphatic carbocycles. The predicted molar refractivity (Wildman–Crippen MR) is 105 cm³/mol. The molecule has 2 aromatic carbocycles. The first-order valence-corrected chi connectivity index (χ1v) is 9.90. The van der Waals surface area contributed by atoms with Crippen LogP contribution in [0.15, 0.2) is 54.6 Å². The van der Waals surface area contributed by atoms with Crippen LogP contribution in [0.5, 0.6) is 0 Å². The molecule has 4 atom stereocenters. The van der Waals surface area contributed by atoms with Crippen LogP contribution in [0.2, 0.25) is 0 Å². The van der Waals surface area contributed by atoms with Crippen LogP contribution in [0, 0.1) is 23.6 Å². The first-order chi connectivity index (χ1) is 13.5. The molecule has 2 fully saturated rings. The number of halogens is 1. The van der Waals surface area contributed by atoms with E-state index in [1.807, 2.05) is 23.1 Å². The fourth-order valence-electron chi connectivity index (χ4n) is 4.87. The van der Waals surface area contributed by atoms with Crippen LogP contribution in [0.3, 0.4) is 0 Å². The lowest BCUT2D eigenvalue weighted by molar-refractivity contribution is -0.129. The van der Waals surface area contributed by atoms with Gasteiger partial charge in [0.15, 0.2) is 0 Å². The molecule has 5 heteroatoms. The normalized spacial score (nSPS) is 26.4. The third-order valence-electron chi connectivity index (χ3n) is 6.30. The quantitative estimate of drug-likeness (QED) is 0.861. The molecule has 1 heterocycles. The fourth-order valence-corrected chi connectivity index (χ4v) is 4.87. The zero-order chi connectivity index (χ0) is 19.7. The molecule has 2 aliphatic rings. The molecule has 0 radical (unpaired) electrons. The molecule has 1 saturated heterocycles. The Bertz CT molecular complexity index is 870. The zero-order valence-electron chi connectivity index (χ0n) is 16.0. The van der Waals surface area contributed by atoms with Gasteiger partial charge >= 0.3 is 0 Å². The second-order valence-electron chi connectivity index (χ2n) is 8.04. The number of rotatable bonds is 5. The number of nitrogens with zero attached hydrogens (tertiary/aromatic N) is 1. The average molecular weight is 380 g/mol. The molecule has 2 amide bonds. The maximum absolute atomic E-state index is 13.3. The fraction of sp³-hybridized carbons (Fsp3) is 0.391. The van der Waals surface area contributed by atoms with Gasteiger partial charge in [-0.25, -0.2) is 4.39 Å². The number of carbonyl (C=O) groups is 2. The molecule has 1 saturated carbocycles. The van der Waals surface area contributed by atoms with Gasteiger partial charge in [0.2, 0.25) is 5.91 Å². The number of benzene rings is 2. The predicted octanol–water partition coefficient (Wildman–Crippen LogP) is 3.63. The Hall–Kier alpha value is -2.69. The number of nitrogens with one attached hydrogen (secondary N) is 1. The molecular formula is C23H25FN2O2. The maximum Gasteiger partial charge on any atom is 0.251 e. The average Bonchev–Trinajstić information content (AvgIpc) is 3.15. The molecular weight excluding hydrogens is 355 g/mol. The van der Waals surface area contributed by atoms with Crippen molar-refractivity contribution in [2.24, 2.45) is 17.8 Å². The van der Waals surface area contributed by atoms with Crippen LogP contribution in [0.1, 0.15) is 35.7 Å². The molecule has 4 rings (SSSR count). The summed E-state index contributed by atoms with van der Waals surface area (Å²) in [6, 6.07) is 16.0. The van der Waals surface area contributed by atoms with Crippen LogP contribution < -0.4 is 5.32 Å². The molecule has 0 aromatic heterocycles. The van der Waals surface area contributed by atoms with Crippen molar-refractivity contribution in [3.05, 3.63) is 71.5 Å². The molecule has 28 heavy (non-hydrogen) atoms. The van der Waals surface area contributed by atoms with E-state index >= 15 is 0 Å². The van der Waals surface area contributed by atoms with Crippen LogP contribution >= 0.6 is 0 Å². The minimum Gasteiger partial charge on any atom is -0.352 e. The van der Waals surface area contributed by atoms with Gasteiger partial charge in [-0.3, -0.25) is 9.59 Å². The molecule has 1 aliphatic heterocycles. The summed E-state index contributed by atoms with van der Waals surface area (Å²) in [7, 11) is 0. The van der Waals surface area contributed by atoms with E-state index in [9.17, 15) is 14.0 Å². The van der Waals surface area contributed by atoms with Crippen LogP contribution in [-0.4, -0.2) is 29.3 Å². The van der Waals surface area contributed by atoms with E-state index in [0.717, 1.165) is 12.0 Å². The van der Waals surface area contributed by atoms with E-state index < -0.39 is 5.82 Å². The molecule has 1 N–H and O–H groups in total. The van der Waals surface area contributed by atoms with Gasteiger partial charge in [-0.1, -0.05) is 43.3 Å². The lowest BCUT2D eigenvalue weighted by atomic mass is 9.88. The summed E-state index contributed by atoms with van der Waals surface area (Å²) < 4.78 is 13.3. The summed E-state index contributed by atoms with van der Waals surface area (Å²) in [6.07, 6.45) is 1.51. The third-order valence-corrected chi connectivity index (χ3v) is 6.30. The van der Waals surface area contributed by atoms with Gasteiger partial charge < -0.3 is 10.2 Å². The SMILES string of the molecule is C[C@H]1C[C@@H]2[C@@H](CC(=O)N2Cc2ccccc2)[C@@H]1CNC(=O)c1cccc(F)c1. The summed E-state index contributed by atoms with van der Waals surface area (Å²) in [5.74, 6) is 0.466. The number of likely N-dealkylation sites (tertiary alicyclic amines) is 1. The molecule has 0 spiro atoms. The van der Waals surface area contributed by atoms with E-state index in [4.69, 9.17) is 0 Å². The highest BCUT2D eigenvalue weighted by molar-refractivity contribution is 5.94. The summed E-state index contributed by atoms with van der Waals surface area (Å²) in [4.78, 5) is 27.0. The van der Waals surface area contributed by atoms with Crippen molar-refractivity contribution < 1.29 is 14.0 Å². The smallest absolute Gasteiger partial charge is 0.251 e. The largest absolute Gasteiger partial charge is 0.352 e. The van der Waals surface area contributed by atoms with Crippen molar-refractivity contribution in [1.82, 2.24) is 10.2 Å². The van der Waals surface area contributed by atoms with Crippen LogP contribution in [0.25, 0.3) is 0 Å². The standard InChI is InChI=1S/C23H25FN2O2/c1-15-10-21-19(12-22(27)26(21)14-16-6-3-2-4-7-16)20(15)13-25-23(28)17-8-5-9-18(24)11-17/h2-9,11,15,19-21H,10,12-14H2,1H3,(H,25,28)/t15-,19-,20+,21+/m0/s1. The first kappa shape index (κ1) is 18.7. The van der Waals surface area contributed by atoms with Crippen molar-refractivity contribution in [3.8, 4) is 0 Å². The van der Waals surface area contributed by atoms with E-state index in [1.165, 1.54) is 18.2 Å². The lowest BCUT2D eigenvalue weighted by Crippen LogP contribution is -2.34. The third kappa shape index (κ3) is 3.66. The van der Waals surface area contributed by atoms with E-state index in [0.29, 0.717) is 31.0 Å². The van der Waals surface area contributed by atoms with E-state index in [-0.39, 0.29) is 29.7 Å². The van der Waals surface area contributed by atoms with Gasteiger partial charge in [-0.05, 0) is 47.9 Å². The Balaban J connectivity index is 1.41. The number of fused-ring (bicyclic) bond motifs is 1. The zero-order valence-corrected chi connectivity index (χ0v) is 16.0. The van der Waals surface area contributed by atoms with E-state index in [2.05, 4.69) is 24.4 Å². The summed E-state index contributed by atoms with van der Waals surface area (Å²) in [5, 5.41) is 2.96. The first-order valence-electron chi connectivity index (χ1n) is 9.90. The Morgan fingerprint density at radius 3 is 2.71 bits per heavy atom. The highest BCUT2D eigenvalue weighted by atomic mass is 19.1. The highest BCUT2D eigenvalue weighted by Crippen LogP contribution is 2.46. The topological polar surface area (TPSA) is 49.4 Å². The Labute approximate surface area is 164 Å². The number of hydrogen-bond donors (Lipinski definition) is 1. The number of amides is 2. The van der Waals surface area contributed by atoms with Crippen molar-refractivity contribution in [2.45, 2.75) is 32.4 Å². The van der Waals surface area contributed by atoms with Crippen molar-refractivity contribution in [2.75, 3.05) is 6.54 Å². The van der Waals surface area contributed by atoms with Crippen LogP contribution in [0.4, 0.5) is 4.39 Å². The van der Waals surface area contributed by atoms with Crippen molar-refractivity contribution in [3.63, 3.8) is 0 Å². The molecule has 146 valence electrons. The van der Waals surface area contributed by atoms with Crippen molar-refractivity contribution in [1.29, 1.82) is 0 Å². The van der Waals surface area contributed by atoms with Gasteiger partial charge in [0.05, 0.1) is 0 Å². The highest BCUT2D eigenvalue weighted by Gasteiger charge is 2.50. The van der Waals surface area contributed by atoms with Gasteiger partial charge in [-0.2, -0.15) is 0 Å². The maximum atomic E-state index is 13.3. The molecule has 0 bridgehead atoms. The summed E-state index contributed by atoms with van der Waals surface area (Å²) >= 11 is 0. The minimum absolute atomic E-state index is 0.201. The van der Waals surface area contributed by atoms with Gasteiger partial charge in [-0.15, -0.1) is 0 Å². The van der Waals surface area contributed by atoms with Gasteiger partial charge in [0, 0.05) is 31.1 Å². The van der Waals surface area contributed by atoms with Crippen LogP contribution in [-0.2, 0) is 11.3 Å².